The first-order valence-corrected chi connectivity index (χ1v) is 14.2. The molecule has 0 bridgehead atoms. The first-order valence-electron chi connectivity index (χ1n) is 14.2. The van der Waals surface area contributed by atoms with Crippen LogP contribution in [0.25, 0.3) is 0 Å². The summed E-state index contributed by atoms with van der Waals surface area (Å²) in [5.41, 5.74) is -1.63. The zero-order chi connectivity index (χ0) is 27.8. The minimum atomic E-state index is -1.30. The van der Waals surface area contributed by atoms with Crippen molar-refractivity contribution < 1.29 is 29.0 Å². The predicted molar refractivity (Wildman–Crippen MR) is 146 cm³/mol. The Morgan fingerprint density at radius 1 is 0.949 bits per heavy atom. The van der Waals surface area contributed by atoms with Crippen LogP contribution in [0.3, 0.4) is 0 Å². The number of nitrogens with zero attached hydrogens (tertiary/aromatic N) is 3. The van der Waals surface area contributed by atoms with E-state index < -0.39 is 29.1 Å². The number of aliphatic hydroxyl groups excluding tert-OH is 1. The summed E-state index contributed by atoms with van der Waals surface area (Å²) in [6, 6.07) is 6.42. The Labute approximate surface area is 230 Å². The highest BCUT2D eigenvalue weighted by Gasteiger charge is 2.75. The second-order valence-electron chi connectivity index (χ2n) is 10.7. The standard InChI is InChI=1S/C30H39N3O6/c1-4-7-16-31-17-9-15-30-24(27(36)33(19-20-34)25(30)28(31)37)23-26(35)32(18-8-14-29(23,5-2)39-30)21-10-12-22(13-11-21)38-6-3/h8-15,23-25,34H,4-7,16-20H2,1-3H3/t23-,24-,25?,29+,30-/m0/s1. The van der Waals surface area contributed by atoms with Crippen molar-refractivity contribution in [1.82, 2.24) is 9.80 Å². The number of anilines is 1. The molecule has 2 saturated heterocycles. The number of fused-ring (bicyclic) bond motifs is 2. The molecule has 1 N–H and O–H groups in total. The van der Waals surface area contributed by atoms with Gasteiger partial charge in [-0.25, -0.2) is 0 Å². The van der Waals surface area contributed by atoms with Crippen molar-refractivity contribution >= 4 is 23.4 Å². The van der Waals surface area contributed by atoms with Crippen molar-refractivity contribution in [3.8, 4) is 5.75 Å². The van der Waals surface area contributed by atoms with Crippen LogP contribution >= 0.6 is 0 Å². The topological polar surface area (TPSA) is 99.6 Å². The van der Waals surface area contributed by atoms with E-state index >= 15 is 0 Å². The van der Waals surface area contributed by atoms with Crippen LogP contribution in [0.1, 0.15) is 40.0 Å². The Morgan fingerprint density at radius 3 is 2.36 bits per heavy atom. The van der Waals surface area contributed by atoms with Gasteiger partial charge < -0.3 is 29.3 Å². The summed E-state index contributed by atoms with van der Waals surface area (Å²) in [6.45, 7) is 7.53. The molecule has 5 atom stereocenters. The van der Waals surface area contributed by atoms with Gasteiger partial charge in [0.25, 0.3) is 0 Å². The molecule has 1 aromatic rings. The van der Waals surface area contributed by atoms with Crippen LogP contribution in [-0.4, -0.2) is 89.3 Å². The average Bonchev–Trinajstić information content (AvgIpc) is 3.22. The Hall–Kier alpha value is -3.17. The molecule has 39 heavy (non-hydrogen) atoms. The molecule has 1 unspecified atom stereocenters. The van der Waals surface area contributed by atoms with Gasteiger partial charge in [-0.2, -0.15) is 0 Å². The molecule has 1 aromatic carbocycles. The number of hydrogen-bond donors (Lipinski definition) is 1. The lowest BCUT2D eigenvalue weighted by atomic mass is 9.73. The molecule has 2 fully saturated rings. The Bertz CT molecular complexity index is 1170. The fourth-order valence-corrected chi connectivity index (χ4v) is 6.83. The van der Waals surface area contributed by atoms with E-state index in [1.807, 2.05) is 62.4 Å². The summed E-state index contributed by atoms with van der Waals surface area (Å²) in [7, 11) is 0. The van der Waals surface area contributed by atoms with Crippen molar-refractivity contribution in [3.05, 3.63) is 48.6 Å². The maximum Gasteiger partial charge on any atom is 0.249 e. The predicted octanol–water partition coefficient (Wildman–Crippen LogP) is 2.54. The van der Waals surface area contributed by atoms with Gasteiger partial charge in [0.05, 0.1) is 30.7 Å². The van der Waals surface area contributed by atoms with E-state index in [0.717, 1.165) is 12.8 Å². The van der Waals surface area contributed by atoms with Crippen LogP contribution in [-0.2, 0) is 19.1 Å². The smallest absolute Gasteiger partial charge is 0.249 e. The van der Waals surface area contributed by atoms with E-state index in [0.29, 0.717) is 44.1 Å². The monoisotopic (exact) mass is 537 g/mol. The van der Waals surface area contributed by atoms with E-state index in [-0.39, 0.29) is 30.9 Å². The van der Waals surface area contributed by atoms with Crippen LogP contribution in [0, 0.1) is 11.8 Å². The largest absolute Gasteiger partial charge is 0.494 e. The number of benzene rings is 1. The van der Waals surface area contributed by atoms with Crippen molar-refractivity contribution in [1.29, 1.82) is 0 Å². The molecule has 0 aromatic heterocycles. The highest BCUT2D eigenvalue weighted by molar-refractivity contribution is 6.04. The fourth-order valence-electron chi connectivity index (χ4n) is 6.83. The number of ether oxygens (including phenoxy) is 2. The van der Waals surface area contributed by atoms with Crippen LogP contribution < -0.4 is 9.64 Å². The number of β-amino-alcohol motifs (C(OH)–C–C–N with tert-alkyl or cyclic N) is 1. The lowest BCUT2D eigenvalue weighted by molar-refractivity contribution is -0.152. The average molecular weight is 538 g/mol. The van der Waals surface area contributed by atoms with Crippen molar-refractivity contribution in [2.75, 3.05) is 44.3 Å². The molecule has 5 rings (SSSR count). The van der Waals surface area contributed by atoms with Gasteiger partial charge in [0, 0.05) is 31.9 Å². The SMILES string of the molecule is CCCCN1CC=C[C@]23O[C@]4(CC)C=CCN(c5ccc(OCC)cc5)C(=O)[C@@H]4[C@H]2C(=O)N(CCO)C3C1=O. The van der Waals surface area contributed by atoms with Gasteiger partial charge in [-0.3, -0.25) is 14.4 Å². The van der Waals surface area contributed by atoms with Gasteiger partial charge >= 0.3 is 0 Å². The Kier molecular flexibility index (Phi) is 7.57. The first-order chi connectivity index (χ1) is 18.9. The summed E-state index contributed by atoms with van der Waals surface area (Å²) in [6.07, 6.45) is 9.86. The van der Waals surface area contributed by atoms with Crippen LogP contribution in [0.4, 0.5) is 5.69 Å². The summed E-state index contributed by atoms with van der Waals surface area (Å²) >= 11 is 0. The molecule has 9 nitrogen and oxygen atoms in total. The Morgan fingerprint density at radius 2 is 1.69 bits per heavy atom. The van der Waals surface area contributed by atoms with E-state index in [2.05, 4.69) is 6.92 Å². The first kappa shape index (κ1) is 27.4. The van der Waals surface area contributed by atoms with Gasteiger partial charge in [0.15, 0.2) is 0 Å². The molecule has 0 radical (unpaired) electrons. The van der Waals surface area contributed by atoms with Crippen LogP contribution in [0.15, 0.2) is 48.6 Å². The number of rotatable bonds is 9. The third-order valence-electron chi connectivity index (χ3n) is 8.61. The summed E-state index contributed by atoms with van der Waals surface area (Å²) < 4.78 is 12.5. The fraction of sp³-hybridized carbons (Fsp3) is 0.567. The molecule has 0 saturated carbocycles. The van der Waals surface area contributed by atoms with Crippen LogP contribution in [0.2, 0.25) is 0 Å². The lowest BCUT2D eigenvalue weighted by Gasteiger charge is -2.38. The molecular weight excluding hydrogens is 498 g/mol. The van der Waals surface area contributed by atoms with Gasteiger partial charge in [-0.05, 0) is 44.0 Å². The molecule has 1 spiro atoms. The van der Waals surface area contributed by atoms with Gasteiger partial charge in [-0.1, -0.05) is 44.6 Å². The number of likely N-dealkylation sites (tertiary alicyclic amines) is 1. The maximum absolute atomic E-state index is 14.4. The number of carbonyl (C=O) groups excluding carboxylic acids is 3. The molecule has 4 heterocycles. The second-order valence-corrected chi connectivity index (χ2v) is 10.7. The van der Waals surface area contributed by atoms with Gasteiger partial charge in [0.2, 0.25) is 17.7 Å². The third kappa shape index (κ3) is 4.26. The number of carbonyl (C=O) groups is 3. The van der Waals surface area contributed by atoms with E-state index in [1.165, 1.54) is 4.90 Å². The van der Waals surface area contributed by atoms with Gasteiger partial charge in [-0.15, -0.1) is 0 Å². The van der Waals surface area contributed by atoms with E-state index in [4.69, 9.17) is 9.47 Å². The minimum Gasteiger partial charge on any atom is -0.494 e. The van der Waals surface area contributed by atoms with Crippen molar-refractivity contribution in [3.63, 3.8) is 0 Å². The molecule has 0 aliphatic carbocycles. The molecule has 4 aliphatic rings. The lowest BCUT2D eigenvalue weighted by Crippen LogP contribution is -2.56. The number of amides is 3. The third-order valence-corrected chi connectivity index (χ3v) is 8.61. The van der Waals surface area contributed by atoms with Gasteiger partial charge in [0.1, 0.15) is 17.4 Å². The highest BCUT2D eigenvalue weighted by Crippen LogP contribution is 2.58. The zero-order valence-corrected chi connectivity index (χ0v) is 23.0. The molecule has 210 valence electrons. The quantitative estimate of drug-likeness (QED) is 0.486. The molecule has 9 heteroatoms. The molecule has 3 amide bonds. The minimum absolute atomic E-state index is 0.00475. The molecular formula is C30H39N3O6. The zero-order valence-electron chi connectivity index (χ0n) is 23.0. The molecule has 4 aliphatic heterocycles. The highest BCUT2D eigenvalue weighted by atomic mass is 16.5. The van der Waals surface area contributed by atoms with Crippen molar-refractivity contribution in [2.24, 2.45) is 11.8 Å². The number of unbranched alkanes of at least 4 members (excludes halogenated alkanes) is 1. The summed E-state index contributed by atoms with van der Waals surface area (Å²) in [5, 5.41) is 9.86. The number of aliphatic hydroxyl groups is 1. The maximum atomic E-state index is 14.4. The van der Waals surface area contributed by atoms with Crippen molar-refractivity contribution in [2.45, 2.75) is 57.3 Å². The Balaban J connectivity index is 1.59. The second kappa shape index (κ2) is 10.8. The van der Waals surface area contributed by atoms with E-state index in [1.54, 1.807) is 9.80 Å². The summed E-state index contributed by atoms with van der Waals surface area (Å²) in [5.74, 6) is -1.72. The normalized spacial score (nSPS) is 31.7. The summed E-state index contributed by atoms with van der Waals surface area (Å²) in [4.78, 5) is 47.5. The number of hydrogen-bond acceptors (Lipinski definition) is 6. The van der Waals surface area contributed by atoms with E-state index in [9.17, 15) is 19.5 Å². The van der Waals surface area contributed by atoms with Crippen LogP contribution in [0.5, 0.6) is 5.75 Å².